The van der Waals surface area contributed by atoms with Crippen molar-refractivity contribution in [2.75, 3.05) is 26.2 Å². The molecule has 4 atom stereocenters. The highest BCUT2D eigenvalue weighted by Gasteiger charge is 2.42. The minimum absolute atomic E-state index is 0.0306. The number of piperidine rings is 2. The van der Waals surface area contributed by atoms with Crippen LogP contribution in [0.4, 0.5) is 0 Å². The number of carbonyl (C=O) groups excluding carboxylic acids is 2. The maximum atomic E-state index is 13.4. The van der Waals surface area contributed by atoms with Crippen LogP contribution in [0.1, 0.15) is 43.5 Å². The average molecular weight is 457 g/mol. The second-order valence-corrected chi connectivity index (χ2v) is 10.2. The van der Waals surface area contributed by atoms with E-state index in [9.17, 15) is 9.59 Å². The molecule has 0 saturated carbocycles. The number of aromatic nitrogens is 1. The first-order valence-electron chi connectivity index (χ1n) is 11.7. The number of benzene rings is 1. The van der Waals surface area contributed by atoms with Crippen LogP contribution in [0, 0.1) is 5.92 Å². The van der Waals surface area contributed by atoms with Gasteiger partial charge in [-0.05, 0) is 50.3 Å². The molecule has 172 valence electrons. The fraction of sp³-hybridized carbons (Fsp3) is 0.609. The fourth-order valence-corrected chi connectivity index (χ4v) is 6.30. The summed E-state index contributed by atoms with van der Waals surface area (Å²) in [6.07, 6.45) is 3.74. The van der Waals surface area contributed by atoms with E-state index < -0.39 is 0 Å². The predicted octanol–water partition coefficient (Wildman–Crippen LogP) is 1.35. The van der Waals surface area contributed by atoms with Gasteiger partial charge in [-0.3, -0.25) is 20.2 Å². The van der Waals surface area contributed by atoms with E-state index >= 15 is 0 Å². The van der Waals surface area contributed by atoms with Gasteiger partial charge in [-0.1, -0.05) is 12.1 Å². The zero-order valence-electron chi connectivity index (χ0n) is 18.5. The Bertz CT molecular complexity index is 933. The molecule has 9 heteroatoms. The second kappa shape index (κ2) is 9.43. The Morgan fingerprint density at radius 2 is 2.03 bits per heavy atom. The number of hydrogen-bond donors (Lipinski definition) is 4. The molecule has 4 heterocycles. The summed E-state index contributed by atoms with van der Waals surface area (Å²) in [5.41, 5.74) is 0.942. The molecule has 3 saturated heterocycles. The van der Waals surface area contributed by atoms with Gasteiger partial charge < -0.3 is 15.5 Å². The first-order chi connectivity index (χ1) is 15.6. The van der Waals surface area contributed by atoms with E-state index in [1.54, 1.807) is 18.3 Å². The number of para-hydroxylation sites is 1. The number of thiazole rings is 1. The van der Waals surface area contributed by atoms with E-state index in [1.807, 2.05) is 23.1 Å². The molecule has 3 aliphatic rings. The second-order valence-electron chi connectivity index (χ2n) is 9.18. The average Bonchev–Trinajstić information content (AvgIpc) is 3.23. The number of hydrogen-bond acceptors (Lipinski definition) is 7. The Kier molecular flexibility index (Phi) is 6.41. The van der Waals surface area contributed by atoms with Crippen molar-refractivity contribution >= 4 is 33.4 Å². The predicted molar refractivity (Wildman–Crippen MR) is 125 cm³/mol. The molecule has 0 spiro atoms. The summed E-state index contributed by atoms with van der Waals surface area (Å²) in [6.45, 7) is 5.09. The van der Waals surface area contributed by atoms with Crippen molar-refractivity contribution < 1.29 is 9.59 Å². The summed E-state index contributed by atoms with van der Waals surface area (Å²) in [4.78, 5) is 31.9. The van der Waals surface area contributed by atoms with Crippen LogP contribution in [-0.4, -0.2) is 66.3 Å². The van der Waals surface area contributed by atoms with Crippen molar-refractivity contribution in [1.82, 2.24) is 31.2 Å². The number of carbonyl (C=O) groups is 2. The molecule has 1 aromatic heterocycles. The highest BCUT2D eigenvalue weighted by atomic mass is 32.1. The number of likely N-dealkylation sites (tertiary alicyclic amines) is 1. The van der Waals surface area contributed by atoms with Crippen molar-refractivity contribution in [2.24, 2.45) is 5.92 Å². The summed E-state index contributed by atoms with van der Waals surface area (Å²) in [6, 6.07) is 8.38. The molecule has 0 bridgehead atoms. The van der Waals surface area contributed by atoms with Gasteiger partial charge in [0.1, 0.15) is 10.9 Å². The molecular formula is C23H32N6O2S. The molecule has 3 unspecified atom stereocenters. The Hall–Kier alpha value is -2.07. The number of nitrogens with zero attached hydrogens (tertiary/aromatic N) is 2. The third-order valence-corrected chi connectivity index (χ3v) is 8.14. The summed E-state index contributed by atoms with van der Waals surface area (Å²) >= 11 is 1.60. The SMILES string of the molecule is CC(=O)N1CCC(C2NC(=O)C(c3nc4ccccc4s3)C(N[C@@H]3CCCNC3)N2)CC1. The monoisotopic (exact) mass is 456 g/mol. The summed E-state index contributed by atoms with van der Waals surface area (Å²) in [5.74, 6) is 0.0925. The Labute approximate surface area is 192 Å². The minimum Gasteiger partial charge on any atom is -0.343 e. The van der Waals surface area contributed by atoms with Crippen LogP contribution in [0.15, 0.2) is 24.3 Å². The summed E-state index contributed by atoms with van der Waals surface area (Å²) < 4.78 is 1.10. The lowest BCUT2D eigenvalue weighted by atomic mass is 9.90. The fourth-order valence-electron chi connectivity index (χ4n) is 5.20. The maximum absolute atomic E-state index is 13.4. The van der Waals surface area contributed by atoms with Gasteiger partial charge in [0.15, 0.2) is 0 Å². The molecule has 8 nitrogen and oxygen atoms in total. The lowest BCUT2D eigenvalue weighted by Gasteiger charge is -2.44. The lowest BCUT2D eigenvalue weighted by molar-refractivity contribution is -0.132. The molecule has 2 aromatic rings. The van der Waals surface area contributed by atoms with E-state index in [-0.39, 0.29) is 30.1 Å². The molecule has 3 aliphatic heterocycles. The van der Waals surface area contributed by atoms with Crippen molar-refractivity contribution in [3.8, 4) is 0 Å². The molecule has 3 fully saturated rings. The first-order valence-corrected chi connectivity index (χ1v) is 12.5. The van der Waals surface area contributed by atoms with E-state index in [0.29, 0.717) is 12.0 Å². The van der Waals surface area contributed by atoms with Gasteiger partial charge >= 0.3 is 0 Å². The van der Waals surface area contributed by atoms with Crippen LogP contribution in [0.3, 0.4) is 0 Å². The van der Waals surface area contributed by atoms with Crippen molar-refractivity contribution in [2.45, 2.75) is 56.9 Å². The molecular weight excluding hydrogens is 424 g/mol. The molecule has 0 aliphatic carbocycles. The largest absolute Gasteiger partial charge is 0.343 e. The molecule has 5 rings (SSSR count). The number of fused-ring (bicyclic) bond motifs is 1. The van der Waals surface area contributed by atoms with E-state index in [1.165, 1.54) is 0 Å². The highest BCUT2D eigenvalue weighted by molar-refractivity contribution is 7.18. The van der Waals surface area contributed by atoms with Crippen LogP contribution in [0.25, 0.3) is 10.2 Å². The van der Waals surface area contributed by atoms with Gasteiger partial charge in [-0.15, -0.1) is 11.3 Å². The topological polar surface area (TPSA) is 98.4 Å². The first kappa shape index (κ1) is 21.8. The van der Waals surface area contributed by atoms with Gasteiger partial charge in [-0.2, -0.15) is 0 Å². The van der Waals surface area contributed by atoms with Gasteiger partial charge in [0.2, 0.25) is 11.8 Å². The van der Waals surface area contributed by atoms with Gasteiger partial charge in [0.05, 0.1) is 22.5 Å². The van der Waals surface area contributed by atoms with Crippen LogP contribution < -0.4 is 21.3 Å². The van der Waals surface area contributed by atoms with Crippen LogP contribution in [0.2, 0.25) is 0 Å². The number of nitrogens with one attached hydrogen (secondary N) is 4. The highest BCUT2D eigenvalue weighted by Crippen LogP contribution is 2.32. The normalized spacial score (nSPS) is 29.8. The Balaban J connectivity index is 1.36. The third kappa shape index (κ3) is 4.52. The molecule has 32 heavy (non-hydrogen) atoms. The Morgan fingerprint density at radius 3 is 2.75 bits per heavy atom. The number of amides is 2. The van der Waals surface area contributed by atoms with E-state index in [4.69, 9.17) is 4.98 Å². The van der Waals surface area contributed by atoms with Crippen molar-refractivity contribution in [3.63, 3.8) is 0 Å². The third-order valence-electron chi connectivity index (χ3n) is 7.02. The van der Waals surface area contributed by atoms with Crippen molar-refractivity contribution in [1.29, 1.82) is 0 Å². The van der Waals surface area contributed by atoms with Gasteiger partial charge in [0, 0.05) is 32.6 Å². The standard InChI is InChI=1S/C23H32N6O2S/c1-14(30)29-11-8-15(9-12-29)20-27-21(25-16-5-4-10-24-13-16)19(22(31)28-20)23-26-17-6-2-3-7-18(17)32-23/h2-3,6-7,15-16,19-21,24-25,27H,4-5,8-13H2,1H3,(H,28,31)/t16-,19?,20?,21?/m1/s1. The quantitative estimate of drug-likeness (QED) is 0.555. The minimum atomic E-state index is -0.372. The molecule has 0 radical (unpaired) electrons. The van der Waals surface area contributed by atoms with E-state index in [0.717, 1.165) is 67.1 Å². The van der Waals surface area contributed by atoms with Crippen LogP contribution in [-0.2, 0) is 9.59 Å². The molecule has 2 amide bonds. The molecule has 4 N–H and O–H groups in total. The zero-order valence-corrected chi connectivity index (χ0v) is 19.3. The van der Waals surface area contributed by atoms with Gasteiger partial charge in [-0.25, -0.2) is 4.98 Å². The van der Waals surface area contributed by atoms with Crippen LogP contribution in [0.5, 0.6) is 0 Å². The van der Waals surface area contributed by atoms with Crippen molar-refractivity contribution in [3.05, 3.63) is 29.3 Å². The lowest BCUT2D eigenvalue weighted by Crippen LogP contribution is -2.69. The Morgan fingerprint density at radius 1 is 1.22 bits per heavy atom. The number of rotatable bonds is 4. The van der Waals surface area contributed by atoms with Gasteiger partial charge in [0.25, 0.3) is 0 Å². The summed E-state index contributed by atoms with van der Waals surface area (Å²) in [5, 5.41) is 15.0. The summed E-state index contributed by atoms with van der Waals surface area (Å²) in [7, 11) is 0. The van der Waals surface area contributed by atoms with E-state index in [2.05, 4.69) is 27.3 Å². The van der Waals surface area contributed by atoms with Crippen LogP contribution >= 0.6 is 11.3 Å². The zero-order chi connectivity index (χ0) is 22.1. The smallest absolute Gasteiger partial charge is 0.234 e. The maximum Gasteiger partial charge on any atom is 0.234 e. The molecule has 1 aromatic carbocycles.